The highest BCUT2D eigenvalue weighted by Crippen LogP contribution is 2.29. The lowest BCUT2D eigenvalue weighted by Gasteiger charge is -2.10. The predicted octanol–water partition coefficient (Wildman–Crippen LogP) is 3.06. The molecule has 0 saturated heterocycles. The maximum Gasteiger partial charge on any atom is 0.417 e. The molecule has 0 fully saturated rings. The quantitative estimate of drug-likeness (QED) is 0.893. The molecule has 0 spiro atoms. The highest BCUT2D eigenvalue weighted by atomic mass is 35.5. The standard InChI is InChI=1S/C14H10ClF3N2O3/c15-9-1-3-10(4-2-9)23-7-12(21)20-11-5-8(14(16,17)18)6-19-13(11)22/h1-6H,7H2,(H,19,22)(H,20,21). The normalized spacial score (nSPS) is 11.1. The topological polar surface area (TPSA) is 71.2 Å². The molecule has 0 bridgehead atoms. The van der Waals surface area contributed by atoms with E-state index in [2.05, 4.69) is 5.32 Å². The molecule has 1 aromatic heterocycles. The van der Waals surface area contributed by atoms with Crippen LogP contribution in [0.4, 0.5) is 18.9 Å². The van der Waals surface area contributed by atoms with Crippen molar-refractivity contribution >= 4 is 23.2 Å². The summed E-state index contributed by atoms with van der Waals surface area (Å²) in [5, 5.41) is 2.55. The van der Waals surface area contributed by atoms with Crippen molar-refractivity contribution in [2.75, 3.05) is 11.9 Å². The number of carbonyl (C=O) groups excluding carboxylic acids is 1. The maximum absolute atomic E-state index is 12.6. The first kappa shape index (κ1) is 16.9. The number of rotatable bonds is 4. The van der Waals surface area contributed by atoms with Gasteiger partial charge in [0.15, 0.2) is 6.61 Å². The zero-order valence-electron chi connectivity index (χ0n) is 11.4. The van der Waals surface area contributed by atoms with Crippen LogP contribution in [0.3, 0.4) is 0 Å². The minimum absolute atomic E-state index is 0.350. The molecule has 0 aliphatic rings. The molecule has 0 saturated carbocycles. The molecule has 0 aliphatic heterocycles. The third kappa shape index (κ3) is 4.75. The van der Waals surface area contributed by atoms with Crippen molar-refractivity contribution in [3.8, 4) is 5.75 Å². The van der Waals surface area contributed by atoms with Crippen molar-refractivity contribution in [3.05, 3.63) is 57.5 Å². The van der Waals surface area contributed by atoms with Crippen molar-refractivity contribution in [2.45, 2.75) is 6.18 Å². The number of alkyl halides is 3. The summed E-state index contributed by atoms with van der Waals surface area (Å²) in [4.78, 5) is 25.0. The van der Waals surface area contributed by atoms with Crippen molar-refractivity contribution in [1.29, 1.82) is 0 Å². The predicted molar refractivity (Wildman–Crippen MR) is 77.6 cm³/mol. The first-order chi connectivity index (χ1) is 10.8. The van der Waals surface area contributed by atoms with E-state index in [0.29, 0.717) is 23.0 Å². The summed E-state index contributed by atoms with van der Waals surface area (Å²) < 4.78 is 42.8. The van der Waals surface area contributed by atoms with Crippen molar-refractivity contribution in [3.63, 3.8) is 0 Å². The Morgan fingerprint density at radius 3 is 2.52 bits per heavy atom. The molecule has 122 valence electrons. The lowest BCUT2D eigenvalue weighted by atomic mass is 10.2. The molecule has 2 rings (SSSR count). The molecule has 9 heteroatoms. The Balaban J connectivity index is 2.02. The highest BCUT2D eigenvalue weighted by Gasteiger charge is 2.31. The van der Waals surface area contributed by atoms with Gasteiger partial charge in [-0.3, -0.25) is 9.59 Å². The van der Waals surface area contributed by atoms with E-state index in [1.807, 2.05) is 4.98 Å². The molecular weight excluding hydrogens is 337 g/mol. The number of aromatic amines is 1. The van der Waals surface area contributed by atoms with Crippen molar-refractivity contribution < 1.29 is 22.7 Å². The zero-order chi connectivity index (χ0) is 17.0. The van der Waals surface area contributed by atoms with Crippen molar-refractivity contribution in [2.24, 2.45) is 0 Å². The summed E-state index contributed by atoms with van der Waals surface area (Å²) in [7, 11) is 0. The van der Waals surface area contributed by atoms with E-state index in [4.69, 9.17) is 16.3 Å². The fraction of sp³-hybridized carbons (Fsp3) is 0.143. The van der Waals surface area contributed by atoms with Gasteiger partial charge >= 0.3 is 6.18 Å². The first-order valence-electron chi connectivity index (χ1n) is 6.24. The van der Waals surface area contributed by atoms with E-state index < -0.39 is 35.5 Å². The van der Waals surface area contributed by atoms with Gasteiger partial charge in [-0.2, -0.15) is 13.2 Å². The average molecular weight is 347 g/mol. The van der Waals surface area contributed by atoms with Gasteiger partial charge in [-0.05, 0) is 30.3 Å². The number of anilines is 1. The van der Waals surface area contributed by atoms with Crippen LogP contribution in [0.5, 0.6) is 5.75 Å². The molecule has 0 unspecified atom stereocenters. The largest absolute Gasteiger partial charge is 0.484 e. The highest BCUT2D eigenvalue weighted by molar-refractivity contribution is 6.30. The molecule has 1 aromatic carbocycles. The smallest absolute Gasteiger partial charge is 0.417 e. The van der Waals surface area contributed by atoms with Gasteiger partial charge in [-0.15, -0.1) is 0 Å². The number of halogens is 4. The fourth-order valence-corrected chi connectivity index (χ4v) is 1.73. The van der Waals surface area contributed by atoms with Gasteiger partial charge in [0.2, 0.25) is 0 Å². The Kier molecular flexibility index (Phi) is 4.95. The van der Waals surface area contributed by atoms with E-state index in [1.165, 1.54) is 12.1 Å². The summed E-state index contributed by atoms with van der Waals surface area (Å²) in [6, 6.07) is 6.69. The number of ether oxygens (including phenoxy) is 1. The van der Waals surface area contributed by atoms with E-state index in [9.17, 15) is 22.8 Å². The van der Waals surface area contributed by atoms with Crippen LogP contribution in [0.2, 0.25) is 5.02 Å². The van der Waals surface area contributed by atoms with Gasteiger partial charge in [0, 0.05) is 11.2 Å². The minimum atomic E-state index is -4.64. The summed E-state index contributed by atoms with van der Waals surface area (Å²) in [5.41, 5.74) is -2.44. The van der Waals surface area contributed by atoms with Gasteiger partial charge in [0.25, 0.3) is 11.5 Å². The van der Waals surface area contributed by atoms with Crippen LogP contribution in [0.15, 0.2) is 41.3 Å². The molecule has 1 amide bonds. The second-order valence-electron chi connectivity index (χ2n) is 4.42. The lowest BCUT2D eigenvalue weighted by Crippen LogP contribution is -2.25. The van der Waals surface area contributed by atoms with E-state index >= 15 is 0 Å². The number of nitrogens with one attached hydrogen (secondary N) is 2. The van der Waals surface area contributed by atoms with E-state index in [0.717, 1.165) is 0 Å². The Bertz CT molecular complexity index is 757. The van der Waals surface area contributed by atoms with Gasteiger partial charge in [0.1, 0.15) is 11.4 Å². The number of carbonyl (C=O) groups is 1. The SMILES string of the molecule is O=C(COc1ccc(Cl)cc1)Nc1cc(C(F)(F)F)c[nH]c1=O. The van der Waals surface area contributed by atoms with E-state index in [-0.39, 0.29) is 0 Å². The molecule has 0 aliphatic carbocycles. The Hall–Kier alpha value is -2.48. The van der Waals surface area contributed by atoms with Gasteiger partial charge in [0.05, 0.1) is 5.56 Å². The third-order valence-electron chi connectivity index (χ3n) is 2.69. The molecule has 23 heavy (non-hydrogen) atoms. The average Bonchev–Trinajstić information content (AvgIpc) is 2.48. The molecule has 5 nitrogen and oxygen atoms in total. The monoisotopic (exact) mass is 346 g/mol. The number of hydrogen-bond acceptors (Lipinski definition) is 3. The molecular formula is C14H10ClF3N2O3. The van der Waals surface area contributed by atoms with Crippen LogP contribution < -0.4 is 15.6 Å². The summed E-state index contributed by atoms with van der Waals surface area (Å²) in [6.45, 7) is -0.475. The molecule has 1 heterocycles. The Labute approximate surface area is 133 Å². The second-order valence-corrected chi connectivity index (χ2v) is 4.86. The third-order valence-corrected chi connectivity index (χ3v) is 2.94. The van der Waals surface area contributed by atoms with Gasteiger partial charge in [-0.25, -0.2) is 0 Å². The maximum atomic E-state index is 12.6. The number of aromatic nitrogens is 1. The van der Waals surface area contributed by atoms with Crippen LogP contribution in [-0.4, -0.2) is 17.5 Å². The summed E-state index contributed by atoms with van der Waals surface area (Å²) in [5.74, 6) is -0.424. The minimum Gasteiger partial charge on any atom is -0.484 e. The van der Waals surface area contributed by atoms with Gasteiger partial charge in [-0.1, -0.05) is 11.6 Å². The molecule has 0 radical (unpaired) electrons. The van der Waals surface area contributed by atoms with Gasteiger partial charge < -0.3 is 15.0 Å². The zero-order valence-corrected chi connectivity index (χ0v) is 12.2. The number of H-pyrrole nitrogens is 1. The fourth-order valence-electron chi connectivity index (χ4n) is 1.61. The Morgan fingerprint density at radius 1 is 1.26 bits per heavy atom. The first-order valence-corrected chi connectivity index (χ1v) is 6.61. The van der Waals surface area contributed by atoms with E-state index in [1.54, 1.807) is 12.1 Å². The summed E-state index contributed by atoms with van der Waals surface area (Å²) >= 11 is 5.69. The van der Waals surface area contributed by atoms with Crippen LogP contribution in [0, 0.1) is 0 Å². The number of amides is 1. The van der Waals surface area contributed by atoms with Crippen LogP contribution >= 0.6 is 11.6 Å². The number of hydrogen-bond donors (Lipinski definition) is 2. The van der Waals surface area contributed by atoms with Crippen molar-refractivity contribution in [1.82, 2.24) is 4.98 Å². The molecule has 2 N–H and O–H groups in total. The van der Waals surface area contributed by atoms with Crippen LogP contribution in [-0.2, 0) is 11.0 Å². The van der Waals surface area contributed by atoms with Crippen LogP contribution in [0.1, 0.15) is 5.56 Å². The molecule has 2 aromatic rings. The number of pyridine rings is 1. The molecule has 0 atom stereocenters. The second kappa shape index (κ2) is 6.74. The summed E-state index contributed by atoms with van der Waals surface area (Å²) in [6.07, 6.45) is -4.11. The Morgan fingerprint density at radius 2 is 1.91 bits per heavy atom. The van der Waals surface area contributed by atoms with Crippen LogP contribution in [0.25, 0.3) is 0 Å². The lowest BCUT2D eigenvalue weighted by molar-refractivity contribution is -0.137. The number of benzene rings is 1.